The van der Waals surface area contributed by atoms with Crippen molar-refractivity contribution >= 4 is 28.9 Å². The van der Waals surface area contributed by atoms with Gasteiger partial charge in [-0.25, -0.2) is 9.97 Å². The number of methoxy groups -OCH3 is 1. The van der Waals surface area contributed by atoms with E-state index < -0.39 is 5.60 Å². The van der Waals surface area contributed by atoms with Gasteiger partial charge in [0.15, 0.2) is 5.65 Å². The fourth-order valence-corrected chi connectivity index (χ4v) is 3.32. The van der Waals surface area contributed by atoms with E-state index in [1.165, 1.54) is 13.3 Å². The van der Waals surface area contributed by atoms with E-state index in [0.29, 0.717) is 40.8 Å². The summed E-state index contributed by atoms with van der Waals surface area (Å²) < 4.78 is 6.82. The Hall–Kier alpha value is -3.40. The van der Waals surface area contributed by atoms with Gasteiger partial charge in [-0.2, -0.15) is 9.61 Å². The molecule has 152 valence electrons. The fourth-order valence-electron chi connectivity index (χ4n) is 3.32. The van der Waals surface area contributed by atoms with Gasteiger partial charge in [0, 0.05) is 19.3 Å². The van der Waals surface area contributed by atoms with Crippen molar-refractivity contribution in [3.8, 4) is 5.88 Å². The number of anilines is 3. The first-order valence-corrected chi connectivity index (χ1v) is 9.29. The van der Waals surface area contributed by atoms with Gasteiger partial charge in [-0.1, -0.05) is 0 Å². The first-order chi connectivity index (χ1) is 13.9. The van der Waals surface area contributed by atoms with E-state index in [1.807, 2.05) is 6.07 Å². The van der Waals surface area contributed by atoms with Crippen molar-refractivity contribution < 1.29 is 14.6 Å². The molecular weight excluding hydrogens is 374 g/mol. The van der Waals surface area contributed by atoms with Crippen molar-refractivity contribution in [3.63, 3.8) is 0 Å². The summed E-state index contributed by atoms with van der Waals surface area (Å²) in [7, 11) is 3.30. The van der Waals surface area contributed by atoms with Gasteiger partial charge in [0.2, 0.25) is 5.88 Å². The number of hydrogen-bond acceptors (Lipinski definition) is 8. The summed E-state index contributed by atoms with van der Waals surface area (Å²) in [5, 5.41) is 23.6. The zero-order chi connectivity index (χ0) is 20.6. The highest BCUT2D eigenvalue weighted by molar-refractivity contribution is 6.00. The number of nitrogens with zero attached hydrogens (tertiary/aromatic N) is 4. The van der Waals surface area contributed by atoms with Crippen LogP contribution in [0.15, 0.2) is 30.6 Å². The summed E-state index contributed by atoms with van der Waals surface area (Å²) in [4.78, 5) is 21.5. The molecule has 4 N–H and O–H groups in total. The Morgan fingerprint density at radius 1 is 1.45 bits per heavy atom. The van der Waals surface area contributed by atoms with Crippen molar-refractivity contribution in [3.05, 3.63) is 36.2 Å². The molecule has 3 aromatic heterocycles. The van der Waals surface area contributed by atoms with E-state index in [0.717, 1.165) is 6.42 Å². The molecule has 1 aliphatic rings. The van der Waals surface area contributed by atoms with E-state index >= 15 is 0 Å². The number of pyridine rings is 1. The van der Waals surface area contributed by atoms with Crippen LogP contribution in [0.5, 0.6) is 5.88 Å². The predicted octanol–water partition coefficient (Wildman–Crippen LogP) is 1.56. The number of amides is 1. The average Bonchev–Trinajstić information content (AvgIpc) is 3.15. The Morgan fingerprint density at radius 2 is 2.28 bits per heavy atom. The normalized spacial score (nSPS) is 20.8. The van der Waals surface area contributed by atoms with Crippen LogP contribution in [0.3, 0.4) is 0 Å². The second-order valence-electron chi connectivity index (χ2n) is 7.18. The van der Waals surface area contributed by atoms with E-state index in [-0.39, 0.29) is 11.9 Å². The van der Waals surface area contributed by atoms with Crippen LogP contribution in [-0.2, 0) is 0 Å². The van der Waals surface area contributed by atoms with Crippen LogP contribution in [0.1, 0.15) is 30.1 Å². The number of carbonyl (C=O) groups excluding carboxylic acids is 1. The molecule has 0 radical (unpaired) electrons. The van der Waals surface area contributed by atoms with Crippen LogP contribution >= 0.6 is 0 Å². The van der Waals surface area contributed by atoms with Crippen LogP contribution in [-0.4, -0.2) is 56.4 Å². The van der Waals surface area contributed by atoms with Gasteiger partial charge in [0.05, 0.1) is 24.9 Å². The maximum Gasteiger partial charge on any atom is 0.257 e. The maximum absolute atomic E-state index is 12.8. The molecular formula is C19H23N7O3. The molecule has 2 atom stereocenters. The zero-order valence-electron chi connectivity index (χ0n) is 16.4. The Kier molecular flexibility index (Phi) is 4.71. The zero-order valence-corrected chi connectivity index (χ0v) is 16.4. The molecule has 1 unspecified atom stereocenters. The van der Waals surface area contributed by atoms with Crippen LogP contribution in [0.4, 0.5) is 17.3 Å². The predicted molar refractivity (Wildman–Crippen MR) is 108 cm³/mol. The molecule has 10 nitrogen and oxygen atoms in total. The standard InChI is InChI=1S/C19H23N7O3/c1-19(28)7-6-13(19)24-17(27)11-10-22-26-15(20-2)9-14(25-16(11)26)23-12-5-4-8-21-18(12)29-3/h4-5,8-10,13,20,28H,6-7H2,1-3H3,(H,23,25)(H,24,27)/t13?,19-/m1/s1. The summed E-state index contributed by atoms with van der Waals surface area (Å²) in [6.45, 7) is 1.72. The molecule has 1 saturated carbocycles. The molecule has 0 bridgehead atoms. The number of hydrogen-bond donors (Lipinski definition) is 4. The minimum absolute atomic E-state index is 0.283. The van der Waals surface area contributed by atoms with Crippen LogP contribution < -0.4 is 20.7 Å². The van der Waals surface area contributed by atoms with E-state index in [2.05, 4.69) is 31.0 Å². The van der Waals surface area contributed by atoms with Crippen LogP contribution in [0.25, 0.3) is 5.65 Å². The number of rotatable bonds is 6. The summed E-state index contributed by atoms with van der Waals surface area (Å²) in [6.07, 6.45) is 4.51. The highest BCUT2D eigenvalue weighted by Gasteiger charge is 2.42. The number of nitrogens with one attached hydrogen (secondary N) is 3. The number of fused-ring (bicyclic) bond motifs is 1. The van der Waals surface area contributed by atoms with Crippen molar-refractivity contribution in [2.24, 2.45) is 0 Å². The summed E-state index contributed by atoms with van der Waals surface area (Å²) in [5.41, 5.74) is 0.473. The molecule has 29 heavy (non-hydrogen) atoms. The molecule has 4 rings (SSSR count). The van der Waals surface area contributed by atoms with Gasteiger partial charge >= 0.3 is 0 Å². The fraction of sp³-hybridized carbons (Fsp3) is 0.368. The number of aromatic nitrogens is 4. The first kappa shape index (κ1) is 18.9. The molecule has 1 amide bonds. The van der Waals surface area contributed by atoms with Gasteiger partial charge in [-0.3, -0.25) is 4.79 Å². The average molecular weight is 397 g/mol. The number of ether oxygens (including phenoxy) is 1. The van der Waals surface area contributed by atoms with Crippen LogP contribution in [0.2, 0.25) is 0 Å². The van der Waals surface area contributed by atoms with Crippen molar-refractivity contribution in [1.29, 1.82) is 0 Å². The highest BCUT2D eigenvalue weighted by atomic mass is 16.5. The van der Waals surface area contributed by atoms with Gasteiger partial charge < -0.3 is 25.8 Å². The van der Waals surface area contributed by atoms with Crippen molar-refractivity contribution in [2.75, 3.05) is 24.8 Å². The Balaban J connectivity index is 1.69. The topological polar surface area (TPSA) is 126 Å². The lowest BCUT2D eigenvalue weighted by Gasteiger charge is -2.42. The maximum atomic E-state index is 12.8. The third-order valence-corrected chi connectivity index (χ3v) is 5.19. The minimum Gasteiger partial charge on any atom is -0.480 e. The van der Waals surface area contributed by atoms with E-state index in [1.54, 1.807) is 36.8 Å². The summed E-state index contributed by atoms with van der Waals surface area (Å²) >= 11 is 0. The molecule has 3 heterocycles. The van der Waals surface area contributed by atoms with Crippen LogP contribution in [0, 0.1) is 0 Å². The lowest BCUT2D eigenvalue weighted by Crippen LogP contribution is -2.58. The molecule has 0 spiro atoms. The van der Waals surface area contributed by atoms with E-state index in [9.17, 15) is 9.90 Å². The quantitative estimate of drug-likeness (QED) is 0.494. The Labute approximate surface area is 167 Å². The second-order valence-corrected chi connectivity index (χ2v) is 7.18. The van der Waals surface area contributed by atoms with Crippen molar-refractivity contribution in [1.82, 2.24) is 24.9 Å². The van der Waals surface area contributed by atoms with Gasteiger partial charge in [0.25, 0.3) is 5.91 Å². The Morgan fingerprint density at radius 3 is 2.93 bits per heavy atom. The Bertz CT molecular complexity index is 1060. The third-order valence-electron chi connectivity index (χ3n) is 5.19. The van der Waals surface area contributed by atoms with E-state index in [4.69, 9.17) is 4.74 Å². The van der Waals surface area contributed by atoms with Gasteiger partial charge in [0.1, 0.15) is 22.9 Å². The second kappa shape index (κ2) is 7.21. The minimum atomic E-state index is -0.883. The molecule has 0 aromatic carbocycles. The number of carbonyl (C=O) groups is 1. The first-order valence-electron chi connectivity index (χ1n) is 9.29. The van der Waals surface area contributed by atoms with Crippen molar-refractivity contribution in [2.45, 2.75) is 31.4 Å². The van der Waals surface area contributed by atoms with Gasteiger partial charge in [-0.05, 0) is 31.9 Å². The highest BCUT2D eigenvalue weighted by Crippen LogP contribution is 2.32. The smallest absolute Gasteiger partial charge is 0.257 e. The summed E-state index contributed by atoms with van der Waals surface area (Å²) in [5.74, 6) is 1.25. The monoisotopic (exact) mass is 397 g/mol. The lowest BCUT2D eigenvalue weighted by molar-refractivity contribution is -0.0486. The molecule has 0 aliphatic heterocycles. The lowest BCUT2D eigenvalue weighted by atomic mass is 9.76. The molecule has 3 aromatic rings. The van der Waals surface area contributed by atoms with Gasteiger partial charge in [-0.15, -0.1) is 0 Å². The number of aliphatic hydroxyl groups is 1. The SMILES string of the molecule is CNc1cc(Nc2cccnc2OC)nc2c(C(=O)NC3CC[C@@]3(C)O)cnn12. The molecule has 1 aliphatic carbocycles. The third kappa shape index (κ3) is 3.42. The summed E-state index contributed by atoms with van der Waals surface area (Å²) in [6, 6.07) is 5.09. The molecule has 0 saturated heterocycles. The largest absolute Gasteiger partial charge is 0.480 e. The molecule has 10 heteroatoms. The molecule has 1 fully saturated rings.